The van der Waals surface area contributed by atoms with Crippen LogP contribution >= 0.6 is 0 Å². The number of para-hydroxylation sites is 2. The largest absolute Gasteiger partial charge is 0.495 e. The summed E-state index contributed by atoms with van der Waals surface area (Å²) < 4.78 is 5.51. The van der Waals surface area contributed by atoms with Crippen LogP contribution in [0, 0.1) is 0 Å². The van der Waals surface area contributed by atoms with Gasteiger partial charge in [-0.2, -0.15) is 0 Å². The number of ether oxygens (including phenoxy) is 1. The molecule has 2 aliphatic heterocycles. The minimum absolute atomic E-state index is 0.0587. The Morgan fingerprint density at radius 3 is 2.65 bits per heavy atom. The SMILES string of the molecule is COc1ccccc1N1CCC(N2CCN[C@@H](C(=O)NC3CC3)C2)CC1. The summed E-state index contributed by atoms with van der Waals surface area (Å²) in [6, 6.07) is 9.20. The Hall–Kier alpha value is -1.79. The van der Waals surface area contributed by atoms with Crippen molar-refractivity contribution in [3.05, 3.63) is 24.3 Å². The lowest BCUT2D eigenvalue weighted by Crippen LogP contribution is -2.60. The summed E-state index contributed by atoms with van der Waals surface area (Å²) in [5.41, 5.74) is 1.19. The molecule has 1 aliphatic carbocycles. The van der Waals surface area contributed by atoms with Crippen molar-refractivity contribution in [3.63, 3.8) is 0 Å². The first-order valence-electron chi connectivity index (χ1n) is 9.90. The molecule has 4 rings (SSSR count). The molecule has 0 spiro atoms. The Morgan fingerprint density at radius 2 is 1.92 bits per heavy atom. The lowest BCUT2D eigenvalue weighted by atomic mass is 10.00. The van der Waals surface area contributed by atoms with Gasteiger partial charge in [0.25, 0.3) is 0 Å². The molecule has 2 saturated heterocycles. The molecule has 2 N–H and O–H groups in total. The smallest absolute Gasteiger partial charge is 0.238 e. The van der Waals surface area contributed by atoms with Gasteiger partial charge < -0.3 is 20.3 Å². The van der Waals surface area contributed by atoms with Crippen LogP contribution in [0.15, 0.2) is 24.3 Å². The summed E-state index contributed by atoms with van der Waals surface area (Å²) in [5.74, 6) is 1.13. The summed E-state index contributed by atoms with van der Waals surface area (Å²) in [5, 5.41) is 6.53. The number of hydrogen-bond acceptors (Lipinski definition) is 5. The van der Waals surface area contributed by atoms with Crippen molar-refractivity contribution in [1.82, 2.24) is 15.5 Å². The van der Waals surface area contributed by atoms with Crippen LogP contribution in [0.2, 0.25) is 0 Å². The number of methoxy groups -OCH3 is 1. The van der Waals surface area contributed by atoms with Crippen LogP contribution in [-0.2, 0) is 4.79 Å². The van der Waals surface area contributed by atoms with Gasteiger partial charge in [-0.3, -0.25) is 9.69 Å². The summed E-state index contributed by atoms with van der Waals surface area (Å²) in [7, 11) is 1.74. The molecule has 0 unspecified atom stereocenters. The molecule has 1 amide bonds. The van der Waals surface area contributed by atoms with Crippen LogP contribution in [0.3, 0.4) is 0 Å². The number of carbonyl (C=O) groups is 1. The van der Waals surface area contributed by atoms with Gasteiger partial charge in [-0.05, 0) is 37.8 Å². The van der Waals surface area contributed by atoms with E-state index in [1.54, 1.807) is 7.11 Å². The number of nitrogens with zero attached hydrogens (tertiary/aromatic N) is 2. The maximum atomic E-state index is 12.4. The summed E-state index contributed by atoms with van der Waals surface area (Å²) >= 11 is 0. The maximum absolute atomic E-state index is 12.4. The molecule has 1 aromatic carbocycles. The van der Waals surface area contributed by atoms with E-state index >= 15 is 0 Å². The number of piperazine rings is 1. The third-order valence-corrected chi connectivity index (χ3v) is 5.85. The predicted molar refractivity (Wildman–Crippen MR) is 103 cm³/mol. The standard InChI is InChI=1S/C20H30N4O2/c1-26-19-5-3-2-4-18(19)23-11-8-16(9-12-23)24-13-10-21-17(14-24)20(25)22-15-6-7-15/h2-5,15-17,21H,6-14H2,1H3,(H,22,25)/t17-/m1/s1. The second-order valence-corrected chi connectivity index (χ2v) is 7.67. The van der Waals surface area contributed by atoms with Crippen LogP contribution in [-0.4, -0.2) is 68.8 Å². The molecular weight excluding hydrogens is 328 g/mol. The van der Waals surface area contributed by atoms with E-state index in [4.69, 9.17) is 4.74 Å². The molecule has 6 heteroatoms. The van der Waals surface area contributed by atoms with Crippen molar-refractivity contribution < 1.29 is 9.53 Å². The molecule has 1 atom stereocenters. The zero-order valence-corrected chi connectivity index (χ0v) is 15.6. The summed E-state index contributed by atoms with van der Waals surface area (Å²) in [6.07, 6.45) is 4.55. The monoisotopic (exact) mass is 358 g/mol. The van der Waals surface area contributed by atoms with E-state index in [1.165, 1.54) is 5.69 Å². The van der Waals surface area contributed by atoms with Crippen molar-refractivity contribution in [2.75, 3.05) is 44.7 Å². The molecule has 1 saturated carbocycles. The fraction of sp³-hybridized carbons (Fsp3) is 0.650. The highest BCUT2D eigenvalue weighted by Crippen LogP contribution is 2.31. The van der Waals surface area contributed by atoms with Gasteiger partial charge in [-0.15, -0.1) is 0 Å². The number of anilines is 1. The normalized spacial score (nSPS) is 25.1. The van der Waals surface area contributed by atoms with E-state index in [0.717, 1.165) is 64.2 Å². The van der Waals surface area contributed by atoms with Gasteiger partial charge >= 0.3 is 0 Å². The van der Waals surface area contributed by atoms with E-state index in [0.29, 0.717) is 12.1 Å². The van der Waals surface area contributed by atoms with E-state index < -0.39 is 0 Å². The molecular formula is C20H30N4O2. The number of benzene rings is 1. The topological polar surface area (TPSA) is 56.8 Å². The highest BCUT2D eigenvalue weighted by Gasteiger charge is 2.33. The maximum Gasteiger partial charge on any atom is 0.238 e. The number of piperidine rings is 1. The van der Waals surface area contributed by atoms with E-state index in [-0.39, 0.29) is 11.9 Å². The predicted octanol–water partition coefficient (Wildman–Crippen LogP) is 1.22. The van der Waals surface area contributed by atoms with Gasteiger partial charge in [-0.25, -0.2) is 0 Å². The number of nitrogens with one attached hydrogen (secondary N) is 2. The third-order valence-electron chi connectivity index (χ3n) is 5.85. The Labute approximate surface area is 155 Å². The van der Waals surface area contributed by atoms with Gasteiger partial charge in [0.15, 0.2) is 0 Å². The van der Waals surface area contributed by atoms with Crippen LogP contribution in [0.1, 0.15) is 25.7 Å². The number of rotatable bonds is 5. The first kappa shape index (κ1) is 17.6. The molecule has 0 radical (unpaired) electrons. The van der Waals surface area contributed by atoms with Gasteiger partial charge in [0.1, 0.15) is 5.75 Å². The quantitative estimate of drug-likeness (QED) is 0.829. The molecule has 6 nitrogen and oxygen atoms in total. The number of hydrogen-bond donors (Lipinski definition) is 2. The first-order chi connectivity index (χ1) is 12.7. The Kier molecular flexibility index (Phi) is 5.31. The molecule has 142 valence electrons. The lowest BCUT2D eigenvalue weighted by Gasteiger charge is -2.43. The number of amides is 1. The van der Waals surface area contributed by atoms with Gasteiger partial charge in [-0.1, -0.05) is 12.1 Å². The van der Waals surface area contributed by atoms with Crippen molar-refractivity contribution in [2.24, 2.45) is 0 Å². The fourth-order valence-electron chi connectivity index (χ4n) is 4.17. The minimum atomic E-state index is -0.0587. The molecule has 2 heterocycles. The van der Waals surface area contributed by atoms with Crippen LogP contribution < -0.4 is 20.3 Å². The van der Waals surface area contributed by atoms with Crippen molar-refractivity contribution in [3.8, 4) is 5.75 Å². The second-order valence-electron chi connectivity index (χ2n) is 7.67. The van der Waals surface area contributed by atoms with Gasteiger partial charge in [0.2, 0.25) is 5.91 Å². The average molecular weight is 358 g/mol. The molecule has 0 bridgehead atoms. The van der Waals surface area contributed by atoms with Crippen LogP contribution in [0.25, 0.3) is 0 Å². The highest BCUT2D eigenvalue weighted by molar-refractivity contribution is 5.82. The second kappa shape index (κ2) is 7.84. The minimum Gasteiger partial charge on any atom is -0.495 e. The molecule has 26 heavy (non-hydrogen) atoms. The lowest BCUT2D eigenvalue weighted by molar-refractivity contribution is -0.124. The highest BCUT2D eigenvalue weighted by atomic mass is 16.5. The van der Waals surface area contributed by atoms with E-state index in [9.17, 15) is 4.79 Å². The van der Waals surface area contributed by atoms with Crippen molar-refractivity contribution in [1.29, 1.82) is 0 Å². The first-order valence-corrected chi connectivity index (χ1v) is 9.90. The van der Waals surface area contributed by atoms with Gasteiger partial charge in [0, 0.05) is 44.8 Å². The molecule has 0 aromatic heterocycles. The molecule has 1 aromatic rings. The summed E-state index contributed by atoms with van der Waals surface area (Å²) in [4.78, 5) is 17.3. The Balaban J connectivity index is 1.31. The van der Waals surface area contributed by atoms with E-state index in [2.05, 4.69) is 32.6 Å². The Bertz CT molecular complexity index is 626. The zero-order valence-electron chi connectivity index (χ0n) is 15.6. The summed E-state index contributed by atoms with van der Waals surface area (Å²) in [6.45, 7) is 4.84. The third kappa shape index (κ3) is 3.96. The van der Waals surface area contributed by atoms with Gasteiger partial charge in [0.05, 0.1) is 18.8 Å². The molecule has 3 aliphatic rings. The fourth-order valence-corrected chi connectivity index (χ4v) is 4.17. The van der Waals surface area contributed by atoms with E-state index in [1.807, 2.05) is 12.1 Å². The average Bonchev–Trinajstić information content (AvgIpc) is 3.52. The van der Waals surface area contributed by atoms with Crippen LogP contribution in [0.4, 0.5) is 5.69 Å². The number of carbonyl (C=O) groups excluding carboxylic acids is 1. The van der Waals surface area contributed by atoms with Crippen molar-refractivity contribution in [2.45, 2.75) is 43.8 Å². The zero-order chi connectivity index (χ0) is 17.9. The van der Waals surface area contributed by atoms with Crippen LogP contribution in [0.5, 0.6) is 5.75 Å². The Morgan fingerprint density at radius 1 is 1.15 bits per heavy atom. The van der Waals surface area contributed by atoms with Crippen molar-refractivity contribution >= 4 is 11.6 Å². The molecule has 3 fully saturated rings.